The molecule has 1 aliphatic heterocycles. The highest BCUT2D eigenvalue weighted by molar-refractivity contribution is 9.10. The van der Waals surface area contributed by atoms with Crippen molar-refractivity contribution in [3.8, 4) is 17.1 Å². The number of rotatable bonds is 6. The molecule has 146 valence electrons. The van der Waals surface area contributed by atoms with Crippen LogP contribution in [0.15, 0.2) is 28.9 Å². The molecule has 0 bridgehead atoms. The molecule has 3 heterocycles. The van der Waals surface area contributed by atoms with E-state index in [1.54, 1.807) is 13.3 Å². The Balaban J connectivity index is 1.73. The number of ether oxygens (including phenoxy) is 2. The first-order chi connectivity index (χ1) is 12.9. The predicted molar refractivity (Wildman–Crippen MR) is 109 cm³/mol. The highest BCUT2D eigenvalue weighted by atomic mass is 79.9. The van der Waals surface area contributed by atoms with Crippen LogP contribution in [0.3, 0.4) is 0 Å². The second-order valence-electron chi connectivity index (χ2n) is 7.65. The number of halogens is 1. The monoisotopic (exact) mass is 435 g/mol. The topological polar surface area (TPSA) is 72.4 Å². The fraction of sp³-hybridized carbons (Fsp3) is 0.526. The van der Waals surface area contributed by atoms with Crippen molar-refractivity contribution in [1.29, 1.82) is 0 Å². The van der Waals surface area contributed by atoms with Gasteiger partial charge in [0.25, 0.3) is 0 Å². The molecule has 3 rings (SSSR count). The molecule has 7 nitrogen and oxygen atoms in total. The summed E-state index contributed by atoms with van der Waals surface area (Å²) < 4.78 is 11.4. The molecule has 1 fully saturated rings. The number of pyridine rings is 1. The maximum Gasteiger partial charge on any atom is 0.188 e. The van der Waals surface area contributed by atoms with Gasteiger partial charge in [-0.3, -0.25) is 0 Å². The summed E-state index contributed by atoms with van der Waals surface area (Å²) in [5, 5.41) is 12.5. The van der Waals surface area contributed by atoms with Gasteiger partial charge < -0.3 is 19.7 Å². The molecule has 1 N–H and O–H groups in total. The van der Waals surface area contributed by atoms with Gasteiger partial charge in [0.1, 0.15) is 11.4 Å². The Labute approximate surface area is 168 Å². The molecule has 0 amide bonds. The molecule has 0 spiro atoms. The molecule has 2 aromatic rings. The molecular weight excluding hydrogens is 410 g/mol. The Kier molecular flexibility index (Phi) is 6.29. The van der Waals surface area contributed by atoms with Crippen LogP contribution in [0.1, 0.15) is 27.2 Å². The molecule has 1 saturated heterocycles. The third kappa shape index (κ3) is 5.37. The minimum Gasteiger partial charge on any atom is -0.465 e. The van der Waals surface area contributed by atoms with Gasteiger partial charge in [-0.1, -0.05) is 0 Å². The minimum absolute atomic E-state index is 0.113. The van der Waals surface area contributed by atoms with Gasteiger partial charge in [0.15, 0.2) is 18.4 Å². The van der Waals surface area contributed by atoms with Crippen LogP contribution in [0, 0.1) is 0 Å². The highest BCUT2D eigenvalue weighted by Gasteiger charge is 2.26. The number of hydrogen-bond donors (Lipinski definition) is 1. The molecule has 0 unspecified atom stereocenters. The summed E-state index contributed by atoms with van der Waals surface area (Å²) in [5.41, 5.74) is 1.42. The minimum atomic E-state index is 0.113. The summed E-state index contributed by atoms with van der Waals surface area (Å²) in [6.07, 6.45) is 2.82. The molecule has 0 aliphatic carbocycles. The Morgan fingerprint density at radius 2 is 2.11 bits per heavy atom. The average molecular weight is 436 g/mol. The second-order valence-corrected chi connectivity index (χ2v) is 8.57. The molecule has 0 radical (unpaired) electrons. The van der Waals surface area contributed by atoms with Crippen LogP contribution in [0.25, 0.3) is 11.4 Å². The van der Waals surface area contributed by atoms with E-state index in [1.165, 1.54) is 0 Å². The van der Waals surface area contributed by atoms with E-state index < -0.39 is 0 Å². The number of methoxy groups -OCH3 is 1. The van der Waals surface area contributed by atoms with Gasteiger partial charge in [0.2, 0.25) is 0 Å². The van der Waals surface area contributed by atoms with Gasteiger partial charge in [-0.25, -0.2) is 4.98 Å². The first kappa shape index (κ1) is 20.0. The van der Waals surface area contributed by atoms with Crippen molar-refractivity contribution in [2.45, 2.75) is 38.8 Å². The van der Waals surface area contributed by atoms with Crippen LogP contribution < -0.4 is 15.0 Å². The van der Waals surface area contributed by atoms with E-state index in [4.69, 9.17) is 9.47 Å². The van der Waals surface area contributed by atoms with Crippen LogP contribution >= 0.6 is 15.9 Å². The van der Waals surface area contributed by atoms with Crippen LogP contribution in [0.4, 0.5) is 5.82 Å². The third-order valence-electron chi connectivity index (χ3n) is 4.19. The van der Waals surface area contributed by atoms with Crippen LogP contribution in [0.2, 0.25) is 0 Å². The Bertz CT molecular complexity index is 764. The first-order valence-corrected chi connectivity index (χ1v) is 9.79. The number of aromatic nitrogens is 3. The van der Waals surface area contributed by atoms with Gasteiger partial charge in [-0.15, -0.1) is 10.2 Å². The summed E-state index contributed by atoms with van der Waals surface area (Å²) >= 11 is 3.41. The van der Waals surface area contributed by atoms with Gasteiger partial charge in [0.05, 0.1) is 0 Å². The van der Waals surface area contributed by atoms with Crippen LogP contribution in [0.5, 0.6) is 5.75 Å². The van der Waals surface area contributed by atoms with Gasteiger partial charge in [0, 0.05) is 42.4 Å². The molecule has 0 saturated carbocycles. The predicted octanol–water partition coefficient (Wildman–Crippen LogP) is 3.25. The van der Waals surface area contributed by atoms with E-state index in [9.17, 15) is 0 Å². The smallest absolute Gasteiger partial charge is 0.188 e. The van der Waals surface area contributed by atoms with Gasteiger partial charge >= 0.3 is 0 Å². The summed E-state index contributed by atoms with van der Waals surface area (Å²) in [7, 11) is 1.58. The van der Waals surface area contributed by atoms with E-state index in [1.807, 2.05) is 18.2 Å². The Morgan fingerprint density at radius 3 is 2.78 bits per heavy atom. The normalized spacial score (nSPS) is 17.4. The van der Waals surface area contributed by atoms with Crippen molar-refractivity contribution in [1.82, 2.24) is 20.5 Å². The Hall–Kier alpha value is -1.77. The van der Waals surface area contributed by atoms with Crippen molar-refractivity contribution in [2.24, 2.45) is 0 Å². The van der Waals surface area contributed by atoms with Crippen LogP contribution in [-0.2, 0) is 4.74 Å². The Morgan fingerprint density at radius 1 is 1.30 bits per heavy atom. The zero-order valence-corrected chi connectivity index (χ0v) is 17.8. The van der Waals surface area contributed by atoms with Crippen molar-refractivity contribution in [3.05, 3.63) is 28.9 Å². The van der Waals surface area contributed by atoms with E-state index in [0.29, 0.717) is 23.2 Å². The molecule has 8 heteroatoms. The third-order valence-corrected chi connectivity index (χ3v) is 4.63. The summed E-state index contributed by atoms with van der Waals surface area (Å²) in [6, 6.07) is 6.24. The lowest BCUT2D eigenvalue weighted by Gasteiger charge is -2.26. The average Bonchev–Trinajstić information content (AvgIpc) is 3.07. The molecular formula is C19H26BrN5O2. The molecule has 1 aliphatic rings. The zero-order valence-electron chi connectivity index (χ0n) is 16.2. The molecule has 27 heavy (non-hydrogen) atoms. The summed E-state index contributed by atoms with van der Waals surface area (Å²) in [4.78, 5) is 6.69. The van der Waals surface area contributed by atoms with E-state index >= 15 is 0 Å². The lowest BCUT2D eigenvalue weighted by molar-refractivity contribution is 0.0512. The van der Waals surface area contributed by atoms with Crippen molar-refractivity contribution < 1.29 is 9.47 Å². The second kappa shape index (κ2) is 8.50. The number of nitrogens with one attached hydrogen (secondary N) is 1. The lowest BCUT2D eigenvalue weighted by atomic mass is 10.1. The number of hydrogen-bond acceptors (Lipinski definition) is 7. The van der Waals surface area contributed by atoms with Gasteiger partial charge in [-0.05, 0) is 61.3 Å². The number of nitrogens with zero attached hydrogens (tertiary/aromatic N) is 4. The quantitative estimate of drug-likeness (QED) is 0.697. The van der Waals surface area contributed by atoms with Crippen LogP contribution in [-0.4, -0.2) is 53.8 Å². The fourth-order valence-corrected chi connectivity index (χ4v) is 3.47. The largest absolute Gasteiger partial charge is 0.465 e. The molecule has 0 aromatic carbocycles. The lowest BCUT2D eigenvalue weighted by Crippen LogP contribution is -2.45. The van der Waals surface area contributed by atoms with E-state index in [2.05, 4.69) is 62.1 Å². The molecule has 2 aromatic heterocycles. The maximum atomic E-state index is 5.61. The van der Waals surface area contributed by atoms with Crippen molar-refractivity contribution in [2.75, 3.05) is 31.9 Å². The highest BCUT2D eigenvalue weighted by Crippen LogP contribution is 2.30. The summed E-state index contributed by atoms with van der Waals surface area (Å²) in [5.74, 6) is 1.48. The fourth-order valence-electron chi connectivity index (χ4n) is 3.16. The van der Waals surface area contributed by atoms with Gasteiger partial charge in [-0.2, -0.15) is 0 Å². The first-order valence-electron chi connectivity index (χ1n) is 9.00. The van der Waals surface area contributed by atoms with Crippen molar-refractivity contribution >= 4 is 21.7 Å². The van der Waals surface area contributed by atoms with E-state index in [0.717, 1.165) is 29.8 Å². The zero-order chi connectivity index (χ0) is 19.4. The summed E-state index contributed by atoms with van der Waals surface area (Å²) in [6.45, 7) is 8.63. The maximum absolute atomic E-state index is 5.61. The van der Waals surface area contributed by atoms with Crippen molar-refractivity contribution in [3.63, 3.8) is 0 Å². The van der Waals surface area contributed by atoms with E-state index in [-0.39, 0.29) is 12.3 Å². The molecule has 1 atom stereocenters. The standard InChI is InChI=1S/C19H26BrN5O2/c1-19(2,3)22-14-7-8-25(11-14)17-6-5-15(23-24-17)18-16(27-12-26-4)9-13(20)10-21-18/h5-6,9-10,14,22H,7-8,11-12H2,1-4H3/t14-/m1/s1. The number of anilines is 1. The SMILES string of the molecule is COCOc1cc(Br)cnc1-c1ccc(N2CC[C@@H](NC(C)(C)C)C2)nn1.